The summed E-state index contributed by atoms with van der Waals surface area (Å²) in [6, 6.07) is 0.577. The van der Waals surface area contributed by atoms with Crippen LogP contribution >= 0.6 is 0 Å². The molecule has 1 fully saturated rings. The van der Waals surface area contributed by atoms with Crippen LogP contribution in [-0.4, -0.2) is 56.6 Å². The molecule has 0 aromatic heterocycles. The molecule has 1 aliphatic rings. The fourth-order valence-corrected chi connectivity index (χ4v) is 1.80. The Morgan fingerprint density at radius 2 is 1.65 bits per heavy atom. The van der Waals surface area contributed by atoms with Gasteiger partial charge in [0.25, 0.3) is 0 Å². The monoisotopic (exact) mass is 268 g/mol. The molecule has 0 radical (unpaired) electrons. The molecule has 1 rings (SSSR count). The van der Waals surface area contributed by atoms with Crippen LogP contribution in [0.1, 0.15) is 20.8 Å². The molecule has 0 N–H and O–H groups in total. The number of nitrogens with zero attached hydrogens (tertiary/aromatic N) is 2. The van der Waals surface area contributed by atoms with E-state index in [2.05, 4.69) is 30.3 Å². The van der Waals surface area contributed by atoms with E-state index < -0.39 is 7.32 Å². The largest absolute Gasteiger partial charge is 1.00 e. The molecule has 0 aliphatic carbocycles. The molecule has 1 aliphatic heterocycles. The number of piperazine rings is 1. The predicted octanol–water partition coefficient (Wildman–Crippen LogP) is -3.42. The SMILES string of the molecule is COB([O-])ON1CCN(C(C)C(C)C)CC1.[K+]. The first-order chi connectivity index (χ1) is 7.54. The quantitative estimate of drug-likeness (QED) is 0.486. The molecular formula is C10H22BKN2O3. The van der Waals surface area contributed by atoms with Gasteiger partial charge in [-0.25, -0.2) is 5.06 Å². The minimum absolute atomic E-state index is 0. The first-order valence-electron chi connectivity index (χ1n) is 5.89. The van der Waals surface area contributed by atoms with Gasteiger partial charge in [0.15, 0.2) is 0 Å². The van der Waals surface area contributed by atoms with Gasteiger partial charge in [0.1, 0.15) is 0 Å². The molecule has 94 valence electrons. The van der Waals surface area contributed by atoms with Gasteiger partial charge >= 0.3 is 58.7 Å². The average Bonchev–Trinajstić information content (AvgIpc) is 2.28. The van der Waals surface area contributed by atoms with E-state index in [-0.39, 0.29) is 51.4 Å². The van der Waals surface area contributed by atoms with Crippen molar-refractivity contribution in [1.29, 1.82) is 0 Å². The summed E-state index contributed by atoms with van der Waals surface area (Å²) in [4.78, 5) is 2.43. The Hall–Kier alpha value is 1.50. The van der Waals surface area contributed by atoms with Gasteiger partial charge in [-0.1, -0.05) is 13.8 Å². The molecule has 0 saturated carbocycles. The summed E-state index contributed by atoms with van der Waals surface area (Å²) in [6.07, 6.45) is 0. The van der Waals surface area contributed by atoms with Gasteiger partial charge in [-0.3, -0.25) is 4.90 Å². The third-order valence-electron chi connectivity index (χ3n) is 3.24. The number of rotatable bonds is 5. The molecule has 5 nitrogen and oxygen atoms in total. The summed E-state index contributed by atoms with van der Waals surface area (Å²) >= 11 is 0. The summed E-state index contributed by atoms with van der Waals surface area (Å²) in [5.74, 6) is 0.652. The molecule has 0 aromatic rings. The van der Waals surface area contributed by atoms with E-state index in [1.54, 1.807) is 5.06 Å². The van der Waals surface area contributed by atoms with Crippen LogP contribution < -0.4 is 56.4 Å². The summed E-state index contributed by atoms with van der Waals surface area (Å²) in [6.45, 7) is 10.1. The summed E-state index contributed by atoms with van der Waals surface area (Å²) in [5, 5.41) is 12.7. The van der Waals surface area contributed by atoms with E-state index in [1.165, 1.54) is 7.11 Å². The van der Waals surface area contributed by atoms with E-state index in [1.807, 2.05) is 0 Å². The number of hydrogen-bond acceptors (Lipinski definition) is 5. The second kappa shape index (κ2) is 9.41. The second-order valence-electron chi connectivity index (χ2n) is 4.58. The van der Waals surface area contributed by atoms with Gasteiger partial charge in [-0.15, -0.1) is 0 Å². The molecule has 1 atom stereocenters. The Labute approximate surface area is 147 Å². The minimum atomic E-state index is -1.39. The molecular weight excluding hydrogens is 246 g/mol. The molecule has 1 saturated heterocycles. The van der Waals surface area contributed by atoms with Crippen molar-refractivity contribution >= 4 is 7.32 Å². The Morgan fingerprint density at radius 1 is 1.12 bits per heavy atom. The van der Waals surface area contributed by atoms with E-state index in [0.717, 1.165) is 26.2 Å². The molecule has 0 aromatic carbocycles. The zero-order chi connectivity index (χ0) is 12.1. The van der Waals surface area contributed by atoms with Gasteiger partial charge in [0.05, 0.1) is 0 Å². The average molecular weight is 268 g/mol. The smallest absolute Gasteiger partial charge is 0.831 e. The van der Waals surface area contributed by atoms with Gasteiger partial charge in [-0.05, 0) is 12.8 Å². The maximum Gasteiger partial charge on any atom is 1.00 e. The van der Waals surface area contributed by atoms with Crippen molar-refractivity contribution in [3.63, 3.8) is 0 Å². The van der Waals surface area contributed by atoms with Crippen LogP contribution in [0.3, 0.4) is 0 Å². The molecule has 0 bridgehead atoms. The molecule has 7 heteroatoms. The van der Waals surface area contributed by atoms with Crippen molar-refractivity contribution in [2.75, 3.05) is 33.3 Å². The van der Waals surface area contributed by atoms with Crippen molar-refractivity contribution < 1.29 is 65.8 Å². The topological polar surface area (TPSA) is 48.0 Å². The maximum absolute atomic E-state index is 11.0. The first kappa shape index (κ1) is 18.5. The van der Waals surface area contributed by atoms with Crippen LogP contribution in [0, 0.1) is 5.92 Å². The van der Waals surface area contributed by atoms with Crippen LogP contribution in [0.15, 0.2) is 0 Å². The Kier molecular flexibility index (Phi) is 10.2. The van der Waals surface area contributed by atoms with E-state index in [0.29, 0.717) is 12.0 Å². The summed E-state index contributed by atoms with van der Waals surface area (Å²) < 4.78 is 9.59. The van der Waals surface area contributed by atoms with Crippen LogP contribution in [0.25, 0.3) is 0 Å². The van der Waals surface area contributed by atoms with Crippen molar-refractivity contribution in [3.8, 4) is 0 Å². The molecule has 0 amide bonds. The third kappa shape index (κ3) is 6.47. The fraction of sp³-hybridized carbons (Fsp3) is 1.00. The van der Waals surface area contributed by atoms with Crippen molar-refractivity contribution in [2.24, 2.45) is 5.92 Å². The van der Waals surface area contributed by atoms with Crippen LogP contribution in [0.4, 0.5) is 0 Å². The Morgan fingerprint density at radius 3 is 2.06 bits per heavy atom. The first-order valence-corrected chi connectivity index (χ1v) is 5.89. The Bertz CT molecular complexity index is 204. The molecule has 1 unspecified atom stereocenters. The normalized spacial score (nSPS) is 20.1. The van der Waals surface area contributed by atoms with E-state index >= 15 is 0 Å². The van der Waals surface area contributed by atoms with Gasteiger partial charge in [-0.2, -0.15) is 0 Å². The maximum atomic E-state index is 11.0. The summed E-state index contributed by atoms with van der Waals surface area (Å²) in [5.41, 5.74) is 0. The summed E-state index contributed by atoms with van der Waals surface area (Å²) in [7, 11) is -0.0385. The molecule has 17 heavy (non-hydrogen) atoms. The number of hydrogen-bond donors (Lipinski definition) is 0. The van der Waals surface area contributed by atoms with Gasteiger partial charge in [0.2, 0.25) is 0 Å². The zero-order valence-corrected chi connectivity index (χ0v) is 14.8. The number of hydroxylamine groups is 2. The van der Waals surface area contributed by atoms with Crippen LogP contribution in [-0.2, 0) is 9.41 Å². The fourth-order valence-electron chi connectivity index (χ4n) is 1.80. The van der Waals surface area contributed by atoms with Crippen LogP contribution in [0.5, 0.6) is 0 Å². The van der Waals surface area contributed by atoms with Gasteiger partial charge in [0, 0.05) is 39.3 Å². The Balaban J connectivity index is 0.00000256. The van der Waals surface area contributed by atoms with Crippen molar-refractivity contribution in [1.82, 2.24) is 9.96 Å². The third-order valence-corrected chi connectivity index (χ3v) is 3.24. The standard InChI is InChI=1S/C10H22BN2O3.K/c1-9(2)10(3)12-5-7-13(8-6-12)16-11(14)15-4;/h9-10H,5-8H2,1-4H3;/q-1;+1. The van der Waals surface area contributed by atoms with E-state index in [9.17, 15) is 5.02 Å². The van der Waals surface area contributed by atoms with Crippen molar-refractivity contribution in [2.45, 2.75) is 26.8 Å². The minimum Gasteiger partial charge on any atom is -0.831 e. The zero-order valence-electron chi connectivity index (χ0n) is 11.7. The molecule has 0 spiro atoms. The molecule has 1 heterocycles. The van der Waals surface area contributed by atoms with Gasteiger partial charge < -0.3 is 14.4 Å². The second-order valence-corrected chi connectivity index (χ2v) is 4.58. The predicted molar refractivity (Wildman–Crippen MR) is 61.3 cm³/mol. The van der Waals surface area contributed by atoms with Crippen LogP contribution in [0.2, 0.25) is 0 Å². The van der Waals surface area contributed by atoms with Crippen molar-refractivity contribution in [3.05, 3.63) is 0 Å². The van der Waals surface area contributed by atoms with E-state index in [4.69, 9.17) is 4.76 Å².